The molecule has 1 saturated heterocycles. The Kier molecular flexibility index (Phi) is 5.07. The molecule has 3 nitrogen and oxygen atoms in total. The van der Waals surface area contributed by atoms with E-state index in [4.69, 9.17) is 4.74 Å². The summed E-state index contributed by atoms with van der Waals surface area (Å²) in [6.07, 6.45) is 7.16. The summed E-state index contributed by atoms with van der Waals surface area (Å²) in [6.45, 7) is 6.54. The number of morpholine rings is 1. The highest BCUT2D eigenvalue weighted by Gasteiger charge is 2.18. The van der Waals surface area contributed by atoms with Crippen LogP contribution in [-0.2, 0) is 4.74 Å². The first-order chi connectivity index (χ1) is 7.86. The molecule has 0 aromatic carbocycles. The fourth-order valence-electron chi connectivity index (χ4n) is 2.83. The zero-order valence-electron chi connectivity index (χ0n) is 10.7. The third kappa shape index (κ3) is 3.72. The Hall–Kier alpha value is -0.120. The minimum atomic E-state index is 0.856. The van der Waals surface area contributed by atoms with E-state index < -0.39 is 0 Å². The van der Waals surface area contributed by atoms with Gasteiger partial charge in [0.05, 0.1) is 13.2 Å². The highest BCUT2D eigenvalue weighted by atomic mass is 16.5. The van der Waals surface area contributed by atoms with Crippen LogP contribution in [0.25, 0.3) is 0 Å². The summed E-state index contributed by atoms with van der Waals surface area (Å²) < 4.78 is 5.37. The number of rotatable bonds is 4. The van der Waals surface area contributed by atoms with E-state index in [1.165, 1.54) is 45.2 Å². The quantitative estimate of drug-likeness (QED) is 0.724. The molecule has 0 N–H and O–H groups in total. The number of likely N-dealkylation sites (N-methyl/N-ethyl adjacent to an activating group) is 1. The van der Waals surface area contributed by atoms with Gasteiger partial charge in [-0.2, -0.15) is 0 Å². The Balaban J connectivity index is 1.63. The molecule has 2 rings (SSSR count). The molecule has 2 fully saturated rings. The molecule has 94 valence electrons. The van der Waals surface area contributed by atoms with E-state index in [-0.39, 0.29) is 0 Å². The van der Waals surface area contributed by atoms with Crippen LogP contribution < -0.4 is 0 Å². The van der Waals surface area contributed by atoms with Gasteiger partial charge in [0.1, 0.15) is 0 Å². The number of nitrogens with zero attached hydrogens (tertiary/aromatic N) is 2. The molecule has 3 heteroatoms. The van der Waals surface area contributed by atoms with Crippen molar-refractivity contribution in [3.63, 3.8) is 0 Å². The van der Waals surface area contributed by atoms with Crippen molar-refractivity contribution < 1.29 is 4.74 Å². The lowest BCUT2D eigenvalue weighted by Crippen LogP contribution is -2.43. The van der Waals surface area contributed by atoms with E-state index in [1.54, 1.807) is 0 Å². The Morgan fingerprint density at radius 3 is 2.50 bits per heavy atom. The number of ether oxygens (including phenoxy) is 1. The molecule has 0 radical (unpaired) electrons. The van der Waals surface area contributed by atoms with Crippen LogP contribution in [0.1, 0.15) is 32.1 Å². The molecule has 1 heterocycles. The van der Waals surface area contributed by atoms with Crippen molar-refractivity contribution in [2.75, 3.05) is 46.4 Å². The predicted molar refractivity (Wildman–Crippen MR) is 66.8 cm³/mol. The second-order valence-corrected chi connectivity index (χ2v) is 5.23. The third-order valence-electron chi connectivity index (χ3n) is 4.07. The fraction of sp³-hybridized carbons (Fsp3) is 1.00. The highest BCUT2D eigenvalue weighted by Crippen LogP contribution is 2.21. The van der Waals surface area contributed by atoms with Gasteiger partial charge in [0.25, 0.3) is 0 Å². The molecule has 0 atom stereocenters. The number of hydrogen-bond donors (Lipinski definition) is 0. The van der Waals surface area contributed by atoms with E-state index in [0.29, 0.717) is 0 Å². The minimum absolute atomic E-state index is 0.856. The molecule has 1 aliphatic heterocycles. The number of hydrogen-bond acceptors (Lipinski definition) is 3. The largest absolute Gasteiger partial charge is 0.379 e. The van der Waals surface area contributed by atoms with Crippen LogP contribution in [0.5, 0.6) is 0 Å². The second kappa shape index (κ2) is 6.58. The van der Waals surface area contributed by atoms with Gasteiger partial charge in [-0.3, -0.25) is 4.90 Å². The summed E-state index contributed by atoms with van der Waals surface area (Å²) in [5.41, 5.74) is 0. The lowest BCUT2D eigenvalue weighted by atomic mass is 9.94. The summed E-state index contributed by atoms with van der Waals surface area (Å²) in [7, 11) is 2.30. The van der Waals surface area contributed by atoms with Crippen molar-refractivity contribution in [3.05, 3.63) is 0 Å². The van der Waals surface area contributed by atoms with Crippen LogP contribution in [-0.4, -0.2) is 62.3 Å². The Labute approximate surface area is 99.7 Å². The summed E-state index contributed by atoms with van der Waals surface area (Å²) in [5.74, 6) is 0. The van der Waals surface area contributed by atoms with E-state index in [2.05, 4.69) is 16.8 Å². The van der Waals surface area contributed by atoms with Crippen molar-refractivity contribution >= 4 is 0 Å². The first-order valence-corrected chi connectivity index (χ1v) is 6.86. The first-order valence-electron chi connectivity index (χ1n) is 6.86. The molecule has 0 amide bonds. The Morgan fingerprint density at radius 2 is 1.81 bits per heavy atom. The van der Waals surface area contributed by atoms with Crippen molar-refractivity contribution in [3.8, 4) is 0 Å². The van der Waals surface area contributed by atoms with Crippen LogP contribution in [0, 0.1) is 0 Å². The smallest absolute Gasteiger partial charge is 0.0594 e. The average molecular weight is 226 g/mol. The normalized spacial score (nSPS) is 25.1. The van der Waals surface area contributed by atoms with Gasteiger partial charge < -0.3 is 9.64 Å². The molecule has 16 heavy (non-hydrogen) atoms. The topological polar surface area (TPSA) is 15.7 Å². The lowest BCUT2D eigenvalue weighted by Gasteiger charge is -2.34. The summed E-state index contributed by atoms with van der Waals surface area (Å²) in [4.78, 5) is 5.11. The van der Waals surface area contributed by atoms with E-state index in [9.17, 15) is 0 Å². The molecule has 1 aliphatic carbocycles. The van der Waals surface area contributed by atoms with Gasteiger partial charge in [-0.1, -0.05) is 19.3 Å². The molecule has 0 aromatic rings. The summed E-state index contributed by atoms with van der Waals surface area (Å²) in [6, 6.07) is 0.856. The molecule has 2 aliphatic rings. The van der Waals surface area contributed by atoms with E-state index in [1.807, 2.05) is 0 Å². The SMILES string of the molecule is CN(CCN1CCOCC1)C1CCCCC1. The Morgan fingerprint density at radius 1 is 1.12 bits per heavy atom. The predicted octanol–water partition coefficient (Wildman–Crippen LogP) is 1.58. The van der Waals surface area contributed by atoms with Crippen LogP contribution in [0.2, 0.25) is 0 Å². The van der Waals surface area contributed by atoms with Crippen molar-refractivity contribution in [1.29, 1.82) is 0 Å². The van der Waals surface area contributed by atoms with Gasteiger partial charge in [0.2, 0.25) is 0 Å². The van der Waals surface area contributed by atoms with E-state index in [0.717, 1.165) is 32.3 Å². The van der Waals surface area contributed by atoms with Gasteiger partial charge in [-0.15, -0.1) is 0 Å². The first kappa shape index (κ1) is 12.3. The molecule has 0 unspecified atom stereocenters. The van der Waals surface area contributed by atoms with Crippen LogP contribution >= 0.6 is 0 Å². The van der Waals surface area contributed by atoms with Gasteiger partial charge in [-0.25, -0.2) is 0 Å². The molecular formula is C13H26N2O. The summed E-state index contributed by atoms with van der Waals surface area (Å²) in [5, 5.41) is 0. The van der Waals surface area contributed by atoms with Crippen molar-refractivity contribution in [2.45, 2.75) is 38.1 Å². The maximum Gasteiger partial charge on any atom is 0.0594 e. The molecule has 1 saturated carbocycles. The van der Waals surface area contributed by atoms with Gasteiger partial charge in [0, 0.05) is 32.2 Å². The van der Waals surface area contributed by atoms with Crippen molar-refractivity contribution in [1.82, 2.24) is 9.80 Å². The monoisotopic (exact) mass is 226 g/mol. The molecule has 0 bridgehead atoms. The standard InChI is InChI=1S/C13H26N2O/c1-14(13-5-3-2-4-6-13)7-8-15-9-11-16-12-10-15/h13H,2-12H2,1H3. The van der Waals surface area contributed by atoms with Crippen LogP contribution in [0.3, 0.4) is 0 Å². The molecule has 0 spiro atoms. The van der Waals surface area contributed by atoms with Crippen LogP contribution in [0.4, 0.5) is 0 Å². The highest BCUT2D eigenvalue weighted by molar-refractivity contribution is 4.74. The minimum Gasteiger partial charge on any atom is -0.379 e. The second-order valence-electron chi connectivity index (χ2n) is 5.23. The van der Waals surface area contributed by atoms with E-state index >= 15 is 0 Å². The zero-order valence-corrected chi connectivity index (χ0v) is 10.7. The maximum atomic E-state index is 5.37. The zero-order chi connectivity index (χ0) is 11.2. The average Bonchev–Trinajstić information content (AvgIpc) is 2.38. The lowest BCUT2D eigenvalue weighted by molar-refractivity contribution is 0.0316. The maximum absolute atomic E-state index is 5.37. The van der Waals surface area contributed by atoms with Gasteiger partial charge in [-0.05, 0) is 19.9 Å². The van der Waals surface area contributed by atoms with Crippen LogP contribution in [0.15, 0.2) is 0 Å². The third-order valence-corrected chi connectivity index (χ3v) is 4.07. The van der Waals surface area contributed by atoms with Gasteiger partial charge >= 0.3 is 0 Å². The molecular weight excluding hydrogens is 200 g/mol. The van der Waals surface area contributed by atoms with Gasteiger partial charge in [0.15, 0.2) is 0 Å². The summed E-state index contributed by atoms with van der Waals surface area (Å²) >= 11 is 0. The Bertz CT molecular complexity index is 186. The molecule has 0 aromatic heterocycles. The van der Waals surface area contributed by atoms with Crippen molar-refractivity contribution in [2.24, 2.45) is 0 Å². The fourth-order valence-corrected chi connectivity index (χ4v) is 2.83.